The molecule has 1 fully saturated rings. The number of hydrogen-bond acceptors (Lipinski definition) is 4. The van der Waals surface area contributed by atoms with Gasteiger partial charge in [0.2, 0.25) is 5.91 Å². The van der Waals surface area contributed by atoms with Gasteiger partial charge in [0.05, 0.1) is 7.11 Å². The smallest absolute Gasteiger partial charge is 0.324 e. The summed E-state index contributed by atoms with van der Waals surface area (Å²) in [6.45, 7) is 4.20. The summed E-state index contributed by atoms with van der Waals surface area (Å²) in [6, 6.07) is 10.5. The van der Waals surface area contributed by atoms with Crippen molar-refractivity contribution < 1.29 is 19.1 Å². The van der Waals surface area contributed by atoms with E-state index in [0.717, 1.165) is 39.0 Å². The SMILES string of the molecule is COc1ccc2[nH]cc(CCN3C(=O)N[C@H](CCC(=O)Nc4cc(C)cc(C)c4)C3=O)c2c1. The van der Waals surface area contributed by atoms with Crippen LogP contribution in [0.15, 0.2) is 42.6 Å². The van der Waals surface area contributed by atoms with E-state index in [4.69, 9.17) is 4.74 Å². The number of methoxy groups -OCH3 is 1. The molecule has 0 saturated carbocycles. The maximum Gasteiger partial charge on any atom is 0.324 e. The van der Waals surface area contributed by atoms with Crippen LogP contribution in [-0.2, 0) is 16.0 Å². The second-order valence-electron chi connectivity index (χ2n) is 8.43. The number of fused-ring (bicyclic) bond motifs is 1. The summed E-state index contributed by atoms with van der Waals surface area (Å²) < 4.78 is 5.29. The summed E-state index contributed by atoms with van der Waals surface area (Å²) in [6.07, 6.45) is 2.80. The lowest BCUT2D eigenvalue weighted by Gasteiger charge is -2.13. The highest BCUT2D eigenvalue weighted by molar-refractivity contribution is 6.04. The van der Waals surface area contributed by atoms with Crippen molar-refractivity contribution in [2.24, 2.45) is 0 Å². The number of aromatic amines is 1. The highest BCUT2D eigenvalue weighted by atomic mass is 16.5. The third kappa shape index (κ3) is 5.00. The van der Waals surface area contributed by atoms with Crippen LogP contribution in [0.5, 0.6) is 5.75 Å². The quantitative estimate of drug-likeness (QED) is 0.458. The molecule has 4 rings (SSSR count). The third-order valence-electron chi connectivity index (χ3n) is 5.85. The number of anilines is 1. The first-order valence-corrected chi connectivity index (χ1v) is 11.0. The number of aryl methyl sites for hydroxylation is 2. The Morgan fingerprint density at radius 1 is 1.12 bits per heavy atom. The van der Waals surface area contributed by atoms with Gasteiger partial charge in [-0.3, -0.25) is 14.5 Å². The average Bonchev–Trinajstić information content (AvgIpc) is 3.29. The van der Waals surface area contributed by atoms with Gasteiger partial charge in [0.25, 0.3) is 5.91 Å². The Hall–Kier alpha value is -3.81. The Bertz CT molecular complexity index is 1200. The van der Waals surface area contributed by atoms with Crippen LogP contribution in [-0.4, -0.2) is 47.4 Å². The summed E-state index contributed by atoms with van der Waals surface area (Å²) in [5.41, 5.74) is 4.83. The van der Waals surface area contributed by atoms with Crippen LogP contribution in [0.2, 0.25) is 0 Å². The predicted octanol–water partition coefficient (Wildman–Crippen LogP) is 3.68. The summed E-state index contributed by atoms with van der Waals surface area (Å²) >= 11 is 0. The van der Waals surface area contributed by atoms with Crippen LogP contribution in [0.25, 0.3) is 10.9 Å². The zero-order valence-electron chi connectivity index (χ0n) is 19.0. The Morgan fingerprint density at radius 3 is 2.61 bits per heavy atom. The molecule has 0 unspecified atom stereocenters. The molecule has 0 radical (unpaired) electrons. The van der Waals surface area contributed by atoms with E-state index < -0.39 is 12.1 Å². The van der Waals surface area contributed by atoms with E-state index in [1.165, 1.54) is 4.90 Å². The van der Waals surface area contributed by atoms with Gasteiger partial charge in [0.1, 0.15) is 11.8 Å². The molecule has 1 aliphatic heterocycles. The number of aromatic nitrogens is 1. The number of amides is 4. The Kier molecular flexibility index (Phi) is 6.35. The second-order valence-corrected chi connectivity index (χ2v) is 8.43. The second kappa shape index (κ2) is 9.36. The van der Waals surface area contributed by atoms with Gasteiger partial charge in [0, 0.05) is 35.8 Å². The molecule has 0 spiro atoms. The molecule has 3 N–H and O–H groups in total. The van der Waals surface area contributed by atoms with Gasteiger partial charge >= 0.3 is 6.03 Å². The molecule has 1 aromatic heterocycles. The van der Waals surface area contributed by atoms with E-state index in [1.54, 1.807) is 7.11 Å². The van der Waals surface area contributed by atoms with E-state index in [0.29, 0.717) is 6.42 Å². The Balaban J connectivity index is 1.32. The lowest BCUT2D eigenvalue weighted by molar-refractivity contribution is -0.127. The molecule has 8 heteroatoms. The number of H-pyrrole nitrogens is 1. The highest BCUT2D eigenvalue weighted by Gasteiger charge is 2.37. The zero-order valence-corrected chi connectivity index (χ0v) is 19.0. The molecule has 8 nitrogen and oxygen atoms in total. The van der Waals surface area contributed by atoms with Crippen molar-refractivity contribution in [1.29, 1.82) is 0 Å². The predicted molar refractivity (Wildman–Crippen MR) is 126 cm³/mol. The molecule has 2 heterocycles. The molecule has 3 aromatic rings. The van der Waals surface area contributed by atoms with Crippen LogP contribution in [0.3, 0.4) is 0 Å². The minimum atomic E-state index is -0.689. The van der Waals surface area contributed by atoms with E-state index in [1.807, 2.05) is 56.4 Å². The van der Waals surface area contributed by atoms with Crippen molar-refractivity contribution >= 4 is 34.4 Å². The van der Waals surface area contributed by atoms with Crippen LogP contribution >= 0.6 is 0 Å². The molecular weight excluding hydrogens is 420 g/mol. The van der Waals surface area contributed by atoms with Gasteiger partial charge in [-0.15, -0.1) is 0 Å². The number of ether oxygens (including phenoxy) is 1. The van der Waals surface area contributed by atoms with Crippen LogP contribution in [0.4, 0.5) is 10.5 Å². The number of imide groups is 1. The van der Waals surface area contributed by atoms with E-state index in [9.17, 15) is 14.4 Å². The molecule has 1 aliphatic rings. The van der Waals surface area contributed by atoms with E-state index >= 15 is 0 Å². The van der Waals surface area contributed by atoms with Crippen molar-refractivity contribution in [1.82, 2.24) is 15.2 Å². The van der Waals surface area contributed by atoms with Gasteiger partial charge in [-0.05, 0) is 73.7 Å². The van der Waals surface area contributed by atoms with Crippen LogP contribution in [0, 0.1) is 13.8 Å². The number of nitrogens with one attached hydrogen (secondary N) is 3. The van der Waals surface area contributed by atoms with Crippen LogP contribution in [0.1, 0.15) is 29.5 Å². The fourth-order valence-corrected chi connectivity index (χ4v) is 4.25. The van der Waals surface area contributed by atoms with E-state index in [-0.39, 0.29) is 31.2 Å². The number of hydrogen-bond donors (Lipinski definition) is 3. The summed E-state index contributed by atoms with van der Waals surface area (Å²) in [4.78, 5) is 42.0. The molecule has 4 amide bonds. The zero-order chi connectivity index (χ0) is 23.5. The van der Waals surface area contributed by atoms with Gasteiger partial charge in [-0.1, -0.05) is 6.07 Å². The fourth-order valence-electron chi connectivity index (χ4n) is 4.25. The number of carbonyl (C=O) groups is 3. The molecule has 2 aromatic carbocycles. The summed E-state index contributed by atoms with van der Waals surface area (Å²) in [5.74, 6) is 0.266. The largest absolute Gasteiger partial charge is 0.497 e. The molecular formula is C25H28N4O4. The van der Waals surface area contributed by atoms with Gasteiger partial charge in [0.15, 0.2) is 0 Å². The topological polar surface area (TPSA) is 104 Å². The summed E-state index contributed by atoms with van der Waals surface area (Å²) in [7, 11) is 1.61. The maximum absolute atomic E-state index is 12.8. The molecule has 1 atom stereocenters. The van der Waals surface area contributed by atoms with Gasteiger partial charge in [-0.2, -0.15) is 0 Å². The number of urea groups is 1. The molecule has 0 aliphatic carbocycles. The molecule has 33 heavy (non-hydrogen) atoms. The van der Waals surface area contributed by atoms with Crippen molar-refractivity contribution in [2.45, 2.75) is 39.2 Å². The fraction of sp³-hybridized carbons (Fsp3) is 0.320. The van der Waals surface area contributed by atoms with Crippen molar-refractivity contribution in [2.75, 3.05) is 19.0 Å². The van der Waals surface area contributed by atoms with Crippen molar-refractivity contribution in [3.8, 4) is 5.75 Å². The number of benzene rings is 2. The minimum Gasteiger partial charge on any atom is -0.497 e. The molecule has 0 bridgehead atoms. The van der Waals surface area contributed by atoms with E-state index in [2.05, 4.69) is 15.6 Å². The average molecular weight is 449 g/mol. The lowest BCUT2D eigenvalue weighted by atomic mass is 10.1. The highest BCUT2D eigenvalue weighted by Crippen LogP contribution is 2.24. The molecule has 172 valence electrons. The Morgan fingerprint density at radius 2 is 1.88 bits per heavy atom. The maximum atomic E-state index is 12.8. The summed E-state index contributed by atoms with van der Waals surface area (Å²) in [5, 5.41) is 6.57. The standard InChI is InChI=1S/C25H28N4O4/c1-15-10-16(2)12-18(11-15)27-23(30)7-6-22-24(31)29(25(32)28-22)9-8-17-14-26-21-5-4-19(33-3)13-20(17)21/h4-5,10-14,22,26H,6-9H2,1-3H3,(H,27,30)(H,28,32)/t22-/m1/s1. The molecule has 1 saturated heterocycles. The lowest BCUT2D eigenvalue weighted by Crippen LogP contribution is -2.33. The number of carbonyl (C=O) groups excluding carboxylic acids is 3. The van der Waals surface area contributed by atoms with Crippen molar-refractivity contribution in [3.63, 3.8) is 0 Å². The Labute approximate surface area is 192 Å². The first kappa shape index (κ1) is 22.4. The first-order valence-electron chi connectivity index (χ1n) is 11.0. The third-order valence-corrected chi connectivity index (χ3v) is 5.85. The van der Waals surface area contributed by atoms with Gasteiger partial charge < -0.3 is 20.4 Å². The minimum absolute atomic E-state index is 0.139. The monoisotopic (exact) mass is 448 g/mol. The van der Waals surface area contributed by atoms with Crippen LogP contribution < -0.4 is 15.4 Å². The van der Waals surface area contributed by atoms with Crippen molar-refractivity contribution in [3.05, 3.63) is 59.3 Å². The first-order chi connectivity index (χ1) is 15.8. The van der Waals surface area contributed by atoms with Gasteiger partial charge in [-0.25, -0.2) is 4.79 Å². The normalized spacial score (nSPS) is 15.7. The number of rotatable bonds is 8. The number of nitrogens with zero attached hydrogens (tertiary/aromatic N) is 1.